The monoisotopic (exact) mass is 491 g/mol. The zero-order chi connectivity index (χ0) is 23.1. The fourth-order valence-electron chi connectivity index (χ4n) is 2.37. The van der Waals surface area contributed by atoms with Crippen LogP contribution in [0.15, 0.2) is 59.0 Å². The third-order valence-electron chi connectivity index (χ3n) is 3.88. The van der Waals surface area contributed by atoms with Gasteiger partial charge in [-0.2, -0.15) is 5.10 Å². The minimum atomic E-state index is -0.985. The SMILES string of the molecule is COc1cc(C=NNC(=O)C(=O)Nc2ccc(Cl)c(Cl)c2)ccc1OC(=O)c1cccs1. The molecule has 11 heteroatoms. The molecule has 32 heavy (non-hydrogen) atoms. The van der Waals surface area contributed by atoms with E-state index in [-0.39, 0.29) is 10.8 Å². The van der Waals surface area contributed by atoms with E-state index in [0.29, 0.717) is 26.9 Å². The number of benzene rings is 2. The molecule has 0 aliphatic heterocycles. The molecule has 0 bridgehead atoms. The minimum Gasteiger partial charge on any atom is -0.493 e. The first kappa shape index (κ1) is 23.3. The summed E-state index contributed by atoms with van der Waals surface area (Å²) in [4.78, 5) is 36.4. The number of anilines is 1. The molecule has 0 spiro atoms. The van der Waals surface area contributed by atoms with Crippen molar-refractivity contribution in [3.8, 4) is 11.5 Å². The highest BCUT2D eigenvalue weighted by molar-refractivity contribution is 7.12. The standard InChI is InChI=1S/C21H15Cl2N3O5S/c1-30-17-9-12(4-7-16(17)31-21(29)18-3-2-8-32-18)11-24-26-20(28)19(27)25-13-5-6-14(22)15(23)10-13/h2-11H,1H3,(H,25,27)(H,26,28). The zero-order valence-corrected chi connectivity index (χ0v) is 18.8. The van der Waals surface area contributed by atoms with Gasteiger partial charge in [-0.15, -0.1) is 11.3 Å². The second-order valence-corrected chi connectivity index (χ2v) is 7.82. The predicted octanol–water partition coefficient (Wildman–Crippen LogP) is 4.37. The number of hydrogen-bond acceptors (Lipinski definition) is 7. The van der Waals surface area contributed by atoms with E-state index in [2.05, 4.69) is 15.8 Å². The number of nitrogens with one attached hydrogen (secondary N) is 2. The van der Waals surface area contributed by atoms with Crippen molar-refractivity contribution in [1.82, 2.24) is 5.43 Å². The summed E-state index contributed by atoms with van der Waals surface area (Å²) >= 11 is 12.9. The molecule has 1 aromatic heterocycles. The maximum absolute atomic E-state index is 12.1. The van der Waals surface area contributed by atoms with Crippen molar-refractivity contribution in [2.45, 2.75) is 0 Å². The molecule has 164 valence electrons. The molecule has 0 atom stereocenters. The number of rotatable bonds is 6. The number of amides is 2. The third kappa shape index (κ3) is 6.07. The number of hydrogen-bond donors (Lipinski definition) is 2. The Morgan fingerprint density at radius 1 is 1.00 bits per heavy atom. The molecule has 2 N–H and O–H groups in total. The van der Waals surface area contributed by atoms with Gasteiger partial charge in [0.1, 0.15) is 4.88 Å². The molecule has 0 aliphatic rings. The molecular formula is C21H15Cl2N3O5S. The van der Waals surface area contributed by atoms with Gasteiger partial charge in [0, 0.05) is 5.69 Å². The van der Waals surface area contributed by atoms with Crippen molar-refractivity contribution < 1.29 is 23.9 Å². The molecule has 0 saturated heterocycles. The number of halogens is 2. The summed E-state index contributed by atoms with van der Waals surface area (Å²) in [5, 5.41) is 8.46. The van der Waals surface area contributed by atoms with Crippen LogP contribution in [-0.4, -0.2) is 31.1 Å². The first-order valence-corrected chi connectivity index (χ1v) is 10.5. The van der Waals surface area contributed by atoms with Crippen LogP contribution < -0.4 is 20.2 Å². The van der Waals surface area contributed by atoms with Gasteiger partial charge in [-0.1, -0.05) is 29.3 Å². The van der Waals surface area contributed by atoms with Crippen molar-refractivity contribution >= 4 is 64.2 Å². The normalized spacial score (nSPS) is 10.6. The molecule has 3 aromatic rings. The number of hydrazone groups is 1. The lowest BCUT2D eigenvalue weighted by atomic mass is 10.2. The average Bonchev–Trinajstić information content (AvgIpc) is 3.32. The van der Waals surface area contributed by atoms with E-state index >= 15 is 0 Å². The lowest BCUT2D eigenvalue weighted by Gasteiger charge is -2.09. The lowest BCUT2D eigenvalue weighted by Crippen LogP contribution is -2.32. The Morgan fingerprint density at radius 3 is 2.50 bits per heavy atom. The molecular weight excluding hydrogens is 477 g/mol. The topological polar surface area (TPSA) is 106 Å². The second-order valence-electron chi connectivity index (χ2n) is 6.06. The highest BCUT2D eigenvalue weighted by Gasteiger charge is 2.15. The fourth-order valence-corrected chi connectivity index (χ4v) is 3.27. The average molecular weight is 492 g/mol. The molecule has 0 saturated carbocycles. The number of esters is 1. The number of ether oxygens (including phenoxy) is 2. The Bertz CT molecular complexity index is 1180. The maximum Gasteiger partial charge on any atom is 0.353 e. The van der Waals surface area contributed by atoms with E-state index < -0.39 is 17.8 Å². The van der Waals surface area contributed by atoms with Crippen LogP contribution in [0.3, 0.4) is 0 Å². The molecule has 0 unspecified atom stereocenters. The van der Waals surface area contributed by atoms with Crippen molar-refractivity contribution in [2.75, 3.05) is 12.4 Å². The van der Waals surface area contributed by atoms with Crippen LogP contribution in [0.4, 0.5) is 5.69 Å². The molecule has 1 heterocycles. The fraction of sp³-hybridized carbons (Fsp3) is 0.0476. The molecule has 3 rings (SSSR count). The maximum atomic E-state index is 12.1. The number of nitrogens with zero attached hydrogens (tertiary/aromatic N) is 1. The van der Waals surface area contributed by atoms with Crippen LogP contribution >= 0.6 is 34.5 Å². The highest BCUT2D eigenvalue weighted by Crippen LogP contribution is 2.29. The van der Waals surface area contributed by atoms with E-state index in [9.17, 15) is 14.4 Å². The second kappa shape index (κ2) is 10.8. The van der Waals surface area contributed by atoms with E-state index in [1.807, 2.05) is 0 Å². The summed E-state index contributed by atoms with van der Waals surface area (Å²) in [6.07, 6.45) is 1.30. The van der Waals surface area contributed by atoms with E-state index in [1.54, 1.807) is 29.6 Å². The van der Waals surface area contributed by atoms with Crippen LogP contribution in [0.5, 0.6) is 11.5 Å². The Balaban J connectivity index is 1.59. The Morgan fingerprint density at radius 2 is 1.81 bits per heavy atom. The molecule has 2 amide bonds. The summed E-state index contributed by atoms with van der Waals surface area (Å²) in [6.45, 7) is 0. The summed E-state index contributed by atoms with van der Waals surface area (Å²) in [7, 11) is 1.42. The summed E-state index contributed by atoms with van der Waals surface area (Å²) in [6, 6.07) is 12.5. The number of carbonyl (C=O) groups excluding carboxylic acids is 3. The molecule has 0 aliphatic carbocycles. The number of thiophene rings is 1. The van der Waals surface area contributed by atoms with Gasteiger partial charge in [0.25, 0.3) is 0 Å². The van der Waals surface area contributed by atoms with Gasteiger partial charge in [0.2, 0.25) is 0 Å². The Hall–Kier alpha value is -3.40. The van der Waals surface area contributed by atoms with Gasteiger partial charge < -0.3 is 14.8 Å². The number of carbonyl (C=O) groups is 3. The first-order chi connectivity index (χ1) is 15.4. The van der Waals surface area contributed by atoms with Crippen molar-refractivity contribution in [3.63, 3.8) is 0 Å². The van der Waals surface area contributed by atoms with Crippen molar-refractivity contribution in [3.05, 3.63) is 74.4 Å². The van der Waals surface area contributed by atoms with Gasteiger partial charge in [0.15, 0.2) is 11.5 Å². The van der Waals surface area contributed by atoms with Crippen LogP contribution in [0.2, 0.25) is 10.0 Å². The van der Waals surface area contributed by atoms with Gasteiger partial charge in [-0.05, 0) is 53.4 Å². The lowest BCUT2D eigenvalue weighted by molar-refractivity contribution is -0.136. The van der Waals surface area contributed by atoms with E-state index in [4.69, 9.17) is 32.7 Å². The Kier molecular flexibility index (Phi) is 7.82. The van der Waals surface area contributed by atoms with Crippen LogP contribution in [0.25, 0.3) is 0 Å². The van der Waals surface area contributed by atoms with Crippen LogP contribution in [0, 0.1) is 0 Å². The third-order valence-corrected chi connectivity index (χ3v) is 5.47. The molecule has 0 radical (unpaired) electrons. The van der Waals surface area contributed by atoms with Gasteiger partial charge >= 0.3 is 17.8 Å². The van der Waals surface area contributed by atoms with E-state index in [0.717, 1.165) is 0 Å². The summed E-state index contributed by atoms with van der Waals surface area (Å²) < 4.78 is 10.6. The predicted molar refractivity (Wildman–Crippen MR) is 123 cm³/mol. The Labute approximate surface area is 196 Å². The first-order valence-electron chi connectivity index (χ1n) is 8.90. The van der Waals surface area contributed by atoms with Crippen molar-refractivity contribution in [2.24, 2.45) is 5.10 Å². The van der Waals surface area contributed by atoms with E-state index in [1.165, 1.54) is 48.9 Å². The van der Waals surface area contributed by atoms with Gasteiger partial charge in [-0.25, -0.2) is 10.2 Å². The zero-order valence-electron chi connectivity index (χ0n) is 16.4. The largest absolute Gasteiger partial charge is 0.493 e. The highest BCUT2D eigenvalue weighted by atomic mass is 35.5. The smallest absolute Gasteiger partial charge is 0.353 e. The molecule has 2 aromatic carbocycles. The molecule has 8 nitrogen and oxygen atoms in total. The van der Waals surface area contributed by atoms with Crippen molar-refractivity contribution in [1.29, 1.82) is 0 Å². The summed E-state index contributed by atoms with van der Waals surface area (Å²) in [5.41, 5.74) is 2.95. The summed E-state index contributed by atoms with van der Waals surface area (Å²) in [5.74, 6) is -1.90. The minimum absolute atomic E-state index is 0.230. The van der Waals surface area contributed by atoms with Crippen LogP contribution in [0.1, 0.15) is 15.2 Å². The van der Waals surface area contributed by atoms with Gasteiger partial charge in [0.05, 0.1) is 23.4 Å². The molecule has 0 fully saturated rings. The van der Waals surface area contributed by atoms with Gasteiger partial charge in [-0.3, -0.25) is 9.59 Å². The van der Waals surface area contributed by atoms with Crippen LogP contribution in [-0.2, 0) is 9.59 Å². The number of methoxy groups -OCH3 is 1. The quantitative estimate of drug-likeness (QED) is 0.175.